The molecule has 1 aromatic heterocycles. The Kier molecular flexibility index (Phi) is 4.65. The quantitative estimate of drug-likeness (QED) is 0.739. The summed E-state index contributed by atoms with van der Waals surface area (Å²) in [7, 11) is 0. The van der Waals surface area contributed by atoms with E-state index in [4.69, 9.17) is 11.0 Å². The second kappa shape index (κ2) is 7.16. The van der Waals surface area contributed by atoms with Crippen LogP contribution in [0, 0.1) is 22.7 Å². The van der Waals surface area contributed by atoms with E-state index in [-0.39, 0.29) is 19.5 Å². The van der Waals surface area contributed by atoms with E-state index in [1.807, 2.05) is 16.7 Å². The van der Waals surface area contributed by atoms with Crippen LogP contribution in [-0.4, -0.2) is 34.6 Å². The maximum atomic E-state index is 13.9. The molecule has 0 aliphatic carbocycles. The number of piperidine rings is 1. The van der Waals surface area contributed by atoms with Crippen molar-refractivity contribution in [1.29, 1.82) is 10.5 Å². The third kappa shape index (κ3) is 3.51. The predicted octanol–water partition coefficient (Wildman–Crippen LogP) is 3.00. The maximum Gasteiger partial charge on any atom is 0.266 e. The smallest absolute Gasteiger partial charge is 0.266 e. The monoisotopic (exact) mass is 392 g/mol. The van der Waals surface area contributed by atoms with Crippen molar-refractivity contribution in [2.75, 3.05) is 18.0 Å². The lowest BCUT2D eigenvalue weighted by atomic mass is 10.0. The molecular formula is C21H18F2N6. The van der Waals surface area contributed by atoms with Crippen LogP contribution in [0.3, 0.4) is 0 Å². The number of alkyl halides is 2. The van der Waals surface area contributed by atoms with Gasteiger partial charge < -0.3 is 15.2 Å². The third-order valence-electron chi connectivity index (χ3n) is 5.24. The number of halogens is 2. The molecule has 0 amide bonds. The Balaban J connectivity index is 1.78. The van der Waals surface area contributed by atoms with Gasteiger partial charge in [0.25, 0.3) is 5.92 Å². The fourth-order valence-electron chi connectivity index (χ4n) is 3.56. The van der Waals surface area contributed by atoms with Gasteiger partial charge in [0.05, 0.1) is 46.9 Å². The summed E-state index contributed by atoms with van der Waals surface area (Å²) in [6.07, 6.45) is -0.336. The van der Waals surface area contributed by atoms with Gasteiger partial charge in [-0.1, -0.05) is 12.1 Å². The van der Waals surface area contributed by atoms with Gasteiger partial charge in [0.15, 0.2) is 0 Å². The second-order valence-electron chi connectivity index (χ2n) is 7.19. The number of anilines is 1. The van der Waals surface area contributed by atoms with E-state index in [1.165, 1.54) is 0 Å². The lowest BCUT2D eigenvalue weighted by Crippen LogP contribution is -2.55. The summed E-state index contributed by atoms with van der Waals surface area (Å²) in [4.78, 5) is 6.43. The first-order valence-electron chi connectivity index (χ1n) is 9.19. The Labute approximate surface area is 166 Å². The molecule has 1 fully saturated rings. The number of aromatic nitrogens is 2. The number of fused-ring (bicyclic) bond motifs is 1. The van der Waals surface area contributed by atoms with Crippen LogP contribution in [0.4, 0.5) is 14.7 Å². The summed E-state index contributed by atoms with van der Waals surface area (Å²) in [6, 6.07) is 15.3. The number of imidazole rings is 1. The Morgan fingerprint density at radius 3 is 2.45 bits per heavy atom. The lowest BCUT2D eigenvalue weighted by Gasteiger charge is -2.37. The van der Waals surface area contributed by atoms with Crippen LogP contribution < -0.4 is 10.6 Å². The molecule has 0 saturated carbocycles. The normalized spacial score (nSPS) is 18.4. The van der Waals surface area contributed by atoms with Crippen molar-refractivity contribution in [3.63, 3.8) is 0 Å². The first-order valence-corrected chi connectivity index (χ1v) is 9.19. The van der Waals surface area contributed by atoms with Crippen LogP contribution in [0.5, 0.6) is 0 Å². The molecule has 1 saturated heterocycles. The van der Waals surface area contributed by atoms with Crippen molar-refractivity contribution in [3.8, 4) is 12.1 Å². The highest BCUT2D eigenvalue weighted by Gasteiger charge is 2.42. The zero-order valence-corrected chi connectivity index (χ0v) is 15.5. The molecule has 1 aliphatic rings. The number of hydrogen-bond donors (Lipinski definition) is 1. The summed E-state index contributed by atoms with van der Waals surface area (Å²) in [5.74, 6) is -2.35. The number of nitrogens with two attached hydrogens (primary N) is 1. The molecule has 0 spiro atoms. The van der Waals surface area contributed by atoms with E-state index in [1.54, 1.807) is 35.2 Å². The molecule has 3 aromatic rings. The predicted molar refractivity (Wildman–Crippen MR) is 104 cm³/mol. The minimum Gasteiger partial charge on any atom is -0.340 e. The van der Waals surface area contributed by atoms with Crippen molar-refractivity contribution < 1.29 is 8.78 Å². The average molecular weight is 392 g/mol. The fraction of sp³-hybridized carbons (Fsp3) is 0.286. The van der Waals surface area contributed by atoms with E-state index >= 15 is 0 Å². The summed E-state index contributed by atoms with van der Waals surface area (Å²) < 4.78 is 29.6. The number of hydrogen-bond acceptors (Lipinski definition) is 5. The molecule has 2 aromatic carbocycles. The fourth-order valence-corrected chi connectivity index (χ4v) is 3.56. The zero-order valence-electron chi connectivity index (χ0n) is 15.5. The van der Waals surface area contributed by atoms with Gasteiger partial charge in [0, 0.05) is 19.5 Å². The number of nitrogens with zero attached hydrogens (tertiary/aromatic N) is 5. The van der Waals surface area contributed by atoms with Gasteiger partial charge in [0.1, 0.15) is 0 Å². The van der Waals surface area contributed by atoms with Gasteiger partial charge in [-0.2, -0.15) is 10.5 Å². The minimum absolute atomic E-state index is 0.00516. The topological polar surface area (TPSA) is 94.7 Å². The Bertz CT molecular complexity index is 1140. The SMILES string of the molecule is N#Cc1ccc(Cn2c(N3CCC(F)(F)[C@H](N)C3)nc3ccc(C#N)cc32)cc1. The Morgan fingerprint density at radius 2 is 1.79 bits per heavy atom. The Hall–Kier alpha value is -3.49. The number of benzene rings is 2. The summed E-state index contributed by atoms with van der Waals surface area (Å²) in [5.41, 5.74) is 9.11. The van der Waals surface area contributed by atoms with Crippen molar-refractivity contribution in [3.05, 3.63) is 59.2 Å². The van der Waals surface area contributed by atoms with E-state index in [2.05, 4.69) is 17.1 Å². The molecule has 0 radical (unpaired) electrons. The summed E-state index contributed by atoms with van der Waals surface area (Å²) in [5, 5.41) is 18.3. The van der Waals surface area contributed by atoms with Gasteiger partial charge in [-0.05, 0) is 35.9 Å². The van der Waals surface area contributed by atoms with Gasteiger partial charge in [0.2, 0.25) is 5.95 Å². The van der Waals surface area contributed by atoms with Gasteiger partial charge >= 0.3 is 0 Å². The third-order valence-corrected chi connectivity index (χ3v) is 5.24. The van der Waals surface area contributed by atoms with Crippen LogP contribution in [-0.2, 0) is 6.54 Å². The van der Waals surface area contributed by atoms with Gasteiger partial charge in [-0.3, -0.25) is 0 Å². The van der Waals surface area contributed by atoms with Crippen molar-refractivity contribution in [2.24, 2.45) is 5.73 Å². The zero-order chi connectivity index (χ0) is 20.6. The van der Waals surface area contributed by atoms with E-state index in [0.717, 1.165) is 11.1 Å². The first kappa shape index (κ1) is 18.9. The average Bonchev–Trinajstić information content (AvgIpc) is 3.08. The summed E-state index contributed by atoms with van der Waals surface area (Å²) >= 11 is 0. The van der Waals surface area contributed by atoms with E-state index < -0.39 is 12.0 Å². The highest BCUT2D eigenvalue weighted by atomic mass is 19.3. The molecule has 8 heteroatoms. The van der Waals surface area contributed by atoms with Crippen molar-refractivity contribution in [1.82, 2.24) is 9.55 Å². The van der Waals surface area contributed by atoms with Crippen LogP contribution >= 0.6 is 0 Å². The largest absolute Gasteiger partial charge is 0.340 e. The van der Waals surface area contributed by atoms with Crippen molar-refractivity contribution in [2.45, 2.75) is 24.9 Å². The second-order valence-corrected chi connectivity index (χ2v) is 7.19. The minimum atomic E-state index is -2.89. The molecule has 29 heavy (non-hydrogen) atoms. The number of rotatable bonds is 3. The van der Waals surface area contributed by atoms with Crippen LogP contribution in [0.2, 0.25) is 0 Å². The molecule has 4 rings (SSSR count). The maximum absolute atomic E-state index is 13.9. The molecule has 1 atom stereocenters. The molecule has 6 nitrogen and oxygen atoms in total. The molecule has 1 aliphatic heterocycles. The molecule has 0 unspecified atom stereocenters. The molecule has 2 N–H and O–H groups in total. The van der Waals surface area contributed by atoms with E-state index in [0.29, 0.717) is 29.1 Å². The highest BCUT2D eigenvalue weighted by molar-refractivity contribution is 5.80. The number of nitriles is 2. The molecule has 2 heterocycles. The molecular weight excluding hydrogens is 374 g/mol. The van der Waals surface area contributed by atoms with Crippen LogP contribution in [0.25, 0.3) is 11.0 Å². The van der Waals surface area contributed by atoms with Gasteiger partial charge in [-0.25, -0.2) is 13.8 Å². The molecule has 0 bridgehead atoms. The molecule has 146 valence electrons. The van der Waals surface area contributed by atoms with Gasteiger partial charge in [-0.15, -0.1) is 0 Å². The standard InChI is InChI=1S/C21H18F2N6/c22-21(23)7-8-28(13-19(21)26)20-27-17-6-5-16(11-25)9-18(17)29(20)12-15-3-1-14(10-24)2-4-15/h1-6,9,19H,7-8,12-13,26H2/t19-/m1/s1. The highest BCUT2D eigenvalue weighted by Crippen LogP contribution is 2.32. The van der Waals surface area contributed by atoms with Crippen molar-refractivity contribution >= 4 is 17.0 Å². The van der Waals surface area contributed by atoms with Crippen LogP contribution in [0.15, 0.2) is 42.5 Å². The lowest BCUT2D eigenvalue weighted by molar-refractivity contribution is -0.0395. The van der Waals surface area contributed by atoms with Crippen LogP contribution in [0.1, 0.15) is 23.1 Å². The first-order chi connectivity index (χ1) is 13.9. The van der Waals surface area contributed by atoms with E-state index in [9.17, 15) is 14.0 Å². The Morgan fingerprint density at radius 1 is 1.10 bits per heavy atom. The summed E-state index contributed by atoms with van der Waals surface area (Å²) in [6.45, 7) is 0.561.